The Bertz CT molecular complexity index is 448. The third kappa shape index (κ3) is 2.91. The fourth-order valence-corrected chi connectivity index (χ4v) is 2.89. The van der Waals surface area contributed by atoms with Crippen molar-refractivity contribution in [1.29, 1.82) is 0 Å². The second-order valence-corrected chi connectivity index (χ2v) is 5.20. The normalized spacial score (nSPS) is 15.9. The summed E-state index contributed by atoms with van der Waals surface area (Å²) >= 11 is 0. The number of aryl methyl sites for hydroxylation is 1. The zero-order valence-electron chi connectivity index (χ0n) is 11.8. The summed E-state index contributed by atoms with van der Waals surface area (Å²) in [5.41, 5.74) is 6.30. The molecule has 19 heavy (non-hydrogen) atoms. The number of nitrogens with zero attached hydrogens (tertiary/aromatic N) is 2. The predicted molar refractivity (Wildman–Crippen MR) is 73.9 cm³/mol. The Morgan fingerprint density at radius 1 is 1.47 bits per heavy atom. The quantitative estimate of drug-likeness (QED) is 0.830. The zero-order chi connectivity index (χ0) is 13.8. The molecule has 2 N–H and O–H groups in total. The highest BCUT2D eigenvalue weighted by Crippen LogP contribution is 2.29. The van der Waals surface area contributed by atoms with Gasteiger partial charge in [0.2, 0.25) is 0 Å². The van der Waals surface area contributed by atoms with Gasteiger partial charge in [-0.2, -0.15) is 0 Å². The molecule has 0 saturated heterocycles. The summed E-state index contributed by atoms with van der Waals surface area (Å²) in [6.45, 7) is 2.87. The molecule has 0 spiro atoms. The number of nitrogens with two attached hydrogens (primary N) is 1. The average Bonchev–Trinajstić information content (AvgIpc) is 3.03. The molecule has 0 bridgehead atoms. The number of esters is 1. The van der Waals surface area contributed by atoms with Crippen molar-refractivity contribution in [1.82, 2.24) is 9.55 Å². The minimum Gasteiger partial charge on any atom is -0.464 e. The van der Waals surface area contributed by atoms with E-state index < -0.39 is 5.97 Å². The molecule has 1 saturated carbocycles. The predicted octanol–water partition coefficient (Wildman–Crippen LogP) is 2.39. The van der Waals surface area contributed by atoms with Crippen LogP contribution < -0.4 is 5.73 Å². The molecule has 1 aliphatic rings. The van der Waals surface area contributed by atoms with Gasteiger partial charge in [-0.1, -0.05) is 32.6 Å². The fourth-order valence-electron chi connectivity index (χ4n) is 2.89. The van der Waals surface area contributed by atoms with E-state index in [2.05, 4.69) is 4.98 Å². The number of hydrogen-bond donors (Lipinski definition) is 1. The maximum Gasteiger partial charge on any atom is 0.360 e. The molecule has 2 rings (SSSR count). The van der Waals surface area contributed by atoms with Crippen LogP contribution >= 0.6 is 0 Å². The van der Waals surface area contributed by atoms with Crippen molar-refractivity contribution >= 4 is 11.8 Å². The number of hydrogen-bond acceptors (Lipinski definition) is 4. The highest BCUT2D eigenvalue weighted by atomic mass is 16.5. The minimum atomic E-state index is -0.452. The van der Waals surface area contributed by atoms with Gasteiger partial charge in [0.25, 0.3) is 0 Å². The number of rotatable bonds is 5. The Kier molecular flexibility index (Phi) is 4.45. The molecule has 0 atom stereocenters. The van der Waals surface area contributed by atoms with Gasteiger partial charge in [-0.25, -0.2) is 9.78 Å². The third-order valence-corrected chi connectivity index (χ3v) is 4.02. The Morgan fingerprint density at radius 2 is 2.16 bits per heavy atom. The topological polar surface area (TPSA) is 70.1 Å². The SMILES string of the molecule is CCc1nc(C(=O)OC)c(N)n1CCC1CCCC1. The van der Waals surface area contributed by atoms with Crippen LogP contribution in [0.4, 0.5) is 5.82 Å². The lowest BCUT2D eigenvalue weighted by atomic mass is 10.0. The molecule has 1 heterocycles. The number of carbonyl (C=O) groups excluding carboxylic acids is 1. The third-order valence-electron chi connectivity index (χ3n) is 4.02. The van der Waals surface area contributed by atoms with E-state index in [0.717, 1.165) is 31.1 Å². The van der Waals surface area contributed by atoms with Crippen LogP contribution in [-0.2, 0) is 17.7 Å². The number of nitrogen functional groups attached to an aromatic ring is 1. The smallest absolute Gasteiger partial charge is 0.360 e. The second-order valence-electron chi connectivity index (χ2n) is 5.20. The van der Waals surface area contributed by atoms with Gasteiger partial charge in [-0.05, 0) is 12.3 Å². The van der Waals surface area contributed by atoms with E-state index in [4.69, 9.17) is 10.5 Å². The lowest BCUT2D eigenvalue weighted by molar-refractivity contribution is 0.0595. The van der Waals surface area contributed by atoms with Crippen LogP contribution in [0.2, 0.25) is 0 Å². The molecular formula is C14H23N3O2. The Labute approximate surface area is 114 Å². The van der Waals surface area contributed by atoms with Gasteiger partial charge in [0.1, 0.15) is 11.6 Å². The first kappa shape index (κ1) is 13.9. The molecule has 0 unspecified atom stereocenters. The van der Waals surface area contributed by atoms with Gasteiger partial charge in [0.15, 0.2) is 5.69 Å². The van der Waals surface area contributed by atoms with E-state index in [1.165, 1.54) is 32.8 Å². The maximum absolute atomic E-state index is 11.6. The van der Waals surface area contributed by atoms with Gasteiger partial charge in [0.05, 0.1) is 7.11 Å². The highest BCUT2D eigenvalue weighted by molar-refractivity contribution is 5.92. The molecule has 1 aromatic heterocycles. The van der Waals surface area contributed by atoms with E-state index in [1.54, 1.807) is 0 Å². The number of ether oxygens (including phenoxy) is 1. The van der Waals surface area contributed by atoms with Gasteiger partial charge < -0.3 is 15.0 Å². The lowest BCUT2D eigenvalue weighted by Gasteiger charge is -2.12. The summed E-state index contributed by atoms with van der Waals surface area (Å²) in [6.07, 6.45) is 7.22. The zero-order valence-corrected chi connectivity index (χ0v) is 11.8. The molecule has 0 aromatic carbocycles. The summed E-state index contributed by atoms with van der Waals surface area (Å²) in [6, 6.07) is 0. The average molecular weight is 265 g/mol. The number of carbonyl (C=O) groups is 1. The maximum atomic E-state index is 11.6. The molecule has 106 valence electrons. The summed E-state index contributed by atoms with van der Waals surface area (Å²) in [4.78, 5) is 15.9. The van der Waals surface area contributed by atoms with E-state index in [-0.39, 0.29) is 5.69 Å². The van der Waals surface area contributed by atoms with E-state index in [0.29, 0.717) is 5.82 Å². The number of methoxy groups -OCH3 is 1. The van der Waals surface area contributed by atoms with Crippen LogP contribution in [0.15, 0.2) is 0 Å². The summed E-state index contributed by atoms with van der Waals surface area (Å²) in [5, 5.41) is 0. The Morgan fingerprint density at radius 3 is 2.74 bits per heavy atom. The summed E-state index contributed by atoms with van der Waals surface area (Å²) in [5.74, 6) is 1.66. The second kappa shape index (κ2) is 6.08. The monoisotopic (exact) mass is 265 g/mol. The van der Waals surface area contributed by atoms with Crippen molar-refractivity contribution in [3.63, 3.8) is 0 Å². The van der Waals surface area contributed by atoms with E-state index in [1.807, 2.05) is 11.5 Å². The van der Waals surface area contributed by atoms with Crippen LogP contribution in [0.5, 0.6) is 0 Å². The van der Waals surface area contributed by atoms with E-state index in [9.17, 15) is 4.79 Å². The van der Waals surface area contributed by atoms with Crippen LogP contribution in [0.25, 0.3) is 0 Å². The van der Waals surface area contributed by atoms with E-state index >= 15 is 0 Å². The number of anilines is 1. The van der Waals surface area contributed by atoms with Gasteiger partial charge in [0, 0.05) is 13.0 Å². The summed E-state index contributed by atoms with van der Waals surface area (Å²) in [7, 11) is 1.35. The first-order chi connectivity index (χ1) is 9.17. The van der Waals surface area contributed by atoms with Crippen molar-refractivity contribution in [3.8, 4) is 0 Å². The lowest BCUT2D eigenvalue weighted by Crippen LogP contribution is -2.11. The molecule has 0 radical (unpaired) electrons. The molecule has 0 aliphatic heterocycles. The number of aromatic nitrogens is 2. The van der Waals surface area contributed by atoms with Crippen molar-refractivity contribution in [3.05, 3.63) is 11.5 Å². The Hall–Kier alpha value is -1.52. The van der Waals surface area contributed by atoms with Crippen LogP contribution in [0.3, 0.4) is 0 Å². The standard InChI is InChI=1S/C14H23N3O2/c1-3-11-16-12(14(18)19-2)13(15)17(11)9-8-10-6-4-5-7-10/h10H,3-9,15H2,1-2H3. The molecule has 1 fully saturated rings. The molecule has 1 aliphatic carbocycles. The van der Waals surface area contributed by atoms with Crippen molar-refractivity contribution in [2.45, 2.75) is 52.0 Å². The fraction of sp³-hybridized carbons (Fsp3) is 0.714. The first-order valence-electron chi connectivity index (χ1n) is 7.10. The minimum absolute atomic E-state index is 0.255. The van der Waals surface area contributed by atoms with Crippen LogP contribution in [0.1, 0.15) is 55.3 Å². The molecular weight excluding hydrogens is 242 g/mol. The van der Waals surface area contributed by atoms with Crippen LogP contribution in [-0.4, -0.2) is 22.6 Å². The Balaban J connectivity index is 2.13. The van der Waals surface area contributed by atoms with Gasteiger partial charge in [-0.3, -0.25) is 0 Å². The van der Waals surface area contributed by atoms with Crippen molar-refractivity contribution in [2.75, 3.05) is 12.8 Å². The van der Waals surface area contributed by atoms with Gasteiger partial charge >= 0.3 is 5.97 Å². The van der Waals surface area contributed by atoms with Crippen LogP contribution in [0, 0.1) is 5.92 Å². The molecule has 5 nitrogen and oxygen atoms in total. The van der Waals surface area contributed by atoms with Gasteiger partial charge in [-0.15, -0.1) is 0 Å². The molecule has 5 heteroatoms. The van der Waals surface area contributed by atoms with Crippen molar-refractivity contribution < 1.29 is 9.53 Å². The molecule has 1 aromatic rings. The number of imidazole rings is 1. The highest BCUT2D eigenvalue weighted by Gasteiger charge is 2.21. The first-order valence-corrected chi connectivity index (χ1v) is 7.10. The van der Waals surface area contributed by atoms with Crippen molar-refractivity contribution in [2.24, 2.45) is 5.92 Å². The largest absolute Gasteiger partial charge is 0.464 e. The summed E-state index contributed by atoms with van der Waals surface area (Å²) < 4.78 is 6.69. The molecule has 0 amide bonds.